The Morgan fingerprint density at radius 2 is 2.11 bits per heavy atom. The van der Waals surface area contributed by atoms with Crippen molar-refractivity contribution in [3.63, 3.8) is 0 Å². The number of hydrogen-bond acceptors (Lipinski definition) is 2. The Hall–Kier alpha value is -1.74. The van der Waals surface area contributed by atoms with Crippen LogP contribution < -0.4 is 0 Å². The highest BCUT2D eigenvalue weighted by Gasteiger charge is 2.40. The molecule has 1 atom stereocenters. The molecule has 92 valence electrons. The Bertz CT molecular complexity index is 611. The molecule has 1 heterocycles. The number of benzene rings is 1. The summed E-state index contributed by atoms with van der Waals surface area (Å²) in [4.78, 5) is 3.73. The van der Waals surface area contributed by atoms with Gasteiger partial charge in [0.25, 0.3) is 0 Å². The SMILES string of the molecule is Cc1ccc2c(c1)C(O)(c1ccncc1F)CC2. The first-order valence-electron chi connectivity index (χ1n) is 6.03. The molecule has 2 aromatic rings. The normalized spacial score (nSPS) is 21.9. The summed E-state index contributed by atoms with van der Waals surface area (Å²) in [5.74, 6) is -0.450. The highest BCUT2D eigenvalue weighted by atomic mass is 19.1. The zero-order chi connectivity index (χ0) is 12.8. The van der Waals surface area contributed by atoms with Crippen molar-refractivity contribution in [1.82, 2.24) is 4.98 Å². The van der Waals surface area contributed by atoms with E-state index in [1.807, 2.05) is 25.1 Å². The highest BCUT2D eigenvalue weighted by Crippen LogP contribution is 2.42. The molecule has 0 radical (unpaired) electrons. The van der Waals surface area contributed by atoms with Crippen molar-refractivity contribution in [2.75, 3.05) is 0 Å². The first kappa shape index (κ1) is 11.4. The van der Waals surface area contributed by atoms with Crippen molar-refractivity contribution in [1.29, 1.82) is 0 Å². The van der Waals surface area contributed by atoms with Crippen LogP contribution in [0.1, 0.15) is 28.7 Å². The van der Waals surface area contributed by atoms with Gasteiger partial charge in [-0.05, 0) is 37.0 Å². The first-order chi connectivity index (χ1) is 8.61. The number of nitrogens with zero attached hydrogens (tertiary/aromatic N) is 1. The molecule has 1 aliphatic rings. The van der Waals surface area contributed by atoms with Crippen LogP contribution in [0.15, 0.2) is 36.7 Å². The number of hydrogen-bond donors (Lipinski definition) is 1. The molecule has 3 heteroatoms. The largest absolute Gasteiger partial charge is 0.380 e. The molecule has 0 saturated carbocycles. The fourth-order valence-electron chi connectivity index (χ4n) is 2.73. The van der Waals surface area contributed by atoms with E-state index in [2.05, 4.69) is 4.98 Å². The zero-order valence-electron chi connectivity index (χ0n) is 10.2. The quantitative estimate of drug-likeness (QED) is 0.835. The summed E-state index contributed by atoms with van der Waals surface area (Å²) in [5.41, 5.74) is 2.10. The van der Waals surface area contributed by atoms with Crippen LogP contribution in [0.4, 0.5) is 4.39 Å². The van der Waals surface area contributed by atoms with Crippen molar-refractivity contribution < 1.29 is 9.50 Å². The van der Waals surface area contributed by atoms with E-state index in [-0.39, 0.29) is 0 Å². The molecule has 2 nitrogen and oxygen atoms in total. The summed E-state index contributed by atoms with van der Waals surface area (Å²) < 4.78 is 13.9. The lowest BCUT2D eigenvalue weighted by atomic mass is 9.87. The van der Waals surface area contributed by atoms with E-state index in [9.17, 15) is 9.50 Å². The molecule has 0 fully saturated rings. The number of rotatable bonds is 1. The van der Waals surface area contributed by atoms with Crippen LogP contribution in [0.2, 0.25) is 0 Å². The number of pyridine rings is 1. The van der Waals surface area contributed by atoms with Gasteiger partial charge in [-0.3, -0.25) is 4.98 Å². The summed E-state index contributed by atoms with van der Waals surface area (Å²) in [6.45, 7) is 1.97. The predicted molar refractivity (Wildman–Crippen MR) is 66.7 cm³/mol. The molecule has 0 saturated heterocycles. The minimum Gasteiger partial charge on any atom is -0.380 e. The van der Waals surface area contributed by atoms with Gasteiger partial charge in [0.1, 0.15) is 11.4 Å². The number of fused-ring (bicyclic) bond motifs is 1. The van der Waals surface area contributed by atoms with Crippen LogP contribution in [-0.4, -0.2) is 10.1 Å². The van der Waals surface area contributed by atoms with Gasteiger partial charge in [0.05, 0.1) is 6.20 Å². The average molecular weight is 243 g/mol. The number of aromatic nitrogens is 1. The second-order valence-corrected chi connectivity index (χ2v) is 4.88. The molecular weight excluding hydrogens is 229 g/mol. The van der Waals surface area contributed by atoms with Crippen LogP contribution in [0, 0.1) is 12.7 Å². The maximum absolute atomic E-state index is 13.9. The molecule has 1 aromatic heterocycles. The van der Waals surface area contributed by atoms with Gasteiger partial charge in [0, 0.05) is 11.8 Å². The number of aryl methyl sites for hydroxylation is 2. The smallest absolute Gasteiger partial charge is 0.147 e. The molecule has 1 N–H and O–H groups in total. The van der Waals surface area contributed by atoms with E-state index in [1.165, 1.54) is 6.20 Å². The van der Waals surface area contributed by atoms with Crippen LogP contribution in [-0.2, 0) is 12.0 Å². The molecular formula is C15H14FNO. The fourth-order valence-corrected chi connectivity index (χ4v) is 2.73. The molecule has 0 spiro atoms. The maximum Gasteiger partial charge on any atom is 0.147 e. The van der Waals surface area contributed by atoms with Crippen molar-refractivity contribution in [2.45, 2.75) is 25.4 Å². The van der Waals surface area contributed by atoms with Gasteiger partial charge in [-0.1, -0.05) is 23.8 Å². The van der Waals surface area contributed by atoms with Gasteiger partial charge < -0.3 is 5.11 Å². The molecule has 1 unspecified atom stereocenters. The Balaban J connectivity index is 2.20. The maximum atomic E-state index is 13.9. The van der Waals surface area contributed by atoms with E-state index in [0.717, 1.165) is 29.3 Å². The van der Waals surface area contributed by atoms with E-state index in [1.54, 1.807) is 6.07 Å². The van der Waals surface area contributed by atoms with E-state index < -0.39 is 11.4 Å². The van der Waals surface area contributed by atoms with E-state index in [4.69, 9.17) is 0 Å². The molecule has 0 bridgehead atoms. The van der Waals surface area contributed by atoms with Crippen LogP contribution in [0.25, 0.3) is 0 Å². The van der Waals surface area contributed by atoms with Crippen molar-refractivity contribution in [3.8, 4) is 0 Å². The van der Waals surface area contributed by atoms with Crippen LogP contribution in [0.5, 0.6) is 0 Å². The van der Waals surface area contributed by atoms with Gasteiger partial charge in [0.2, 0.25) is 0 Å². The highest BCUT2D eigenvalue weighted by molar-refractivity contribution is 5.46. The summed E-state index contributed by atoms with van der Waals surface area (Å²) in [6.07, 6.45) is 3.96. The minimum atomic E-state index is -1.21. The number of aliphatic hydroxyl groups is 1. The standard InChI is InChI=1S/C15H14FNO/c1-10-2-3-11-4-6-15(18,13(11)8-10)12-5-7-17-9-14(12)16/h2-3,5,7-9,18H,4,6H2,1H3. The third-order valence-corrected chi connectivity index (χ3v) is 3.69. The molecule has 18 heavy (non-hydrogen) atoms. The fraction of sp³-hybridized carbons (Fsp3) is 0.267. The van der Waals surface area contributed by atoms with Crippen molar-refractivity contribution in [2.24, 2.45) is 0 Å². The second kappa shape index (κ2) is 3.89. The second-order valence-electron chi connectivity index (χ2n) is 4.88. The molecule has 0 aliphatic heterocycles. The van der Waals surface area contributed by atoms with Crippen LogP contribution >= 0.6 is 0 Å². The van der Waals surface area contributed by atoms with Gasteiger partial charge in [-0.25, -0.2) is 4.39 Å². The lowest BCUT2D eigenvalue weighted by molar-refractivity contribution is 0.0787. The van der Waals surface area contributed by atoms with Crippen molar-refractivity contribution in [3.05, 3.63) is 64.7 Å². The Kier molecular flexibility index (Phi) is 2.45. The molecule has 0 amide bonds. The number of halogens is 1. The van der Waals surface area contributed by atoms with Gasteiger partial charge in [-0.15, -0.1) is 0 Å². The van der Waals surface area contributed by atoms with Gasteiger partial charge in [0.15, 0.2) is 0 Å². The monoisotopic (exact) mass is 243 g/mol. The van der Waals surface area contributed by atoms with Gasteiger partial charge >= 0.3 is 0 Å². The summed E-state index contributed by atoms with van der Waals surface area (Å²) >= 11 is 0. The lowest BCUT2D eigenvalue weighted by Crippen LogP contribution is -2.25. The Morgan fingerprint density at radius 1 is 1.28 bits per heavy atom. The van der Waals surface area contributed by atoms with E-state index in [0.29, 0.717) is 12.0 Å². The van der Waals surface area contributed by atoms with Crippen LogP contribution in [0.3, 0.4) is 0 Å². The summed E-state index contributed by atoms with van der Waals surface area (Å²) in [5, 5.41) is 10.9. The van der Waals surface area contributed by atoms with E-state index >= 15 is 0 Å². The zero-order valence-corrected chi connectivity index (χ0v) is 10.2. The molecule has 3 rings (SSSR count). The average Bonchev–Trinajstić information content (AvgIpc) is 2.69. The minimum absolute atomic E-state index is 0.321. The predicted octanol–water partition coefficient (Wildman–Crippen LogP) is 2.71. The Labute approximate surface area is 105 Å². The first-order valence-corrected chi connectivity index (χ1v) is 6.03. The molecule has 1 aromatic carbocycles. The topological polar surface area (TPSA) is 33.1 Å². The summed E-state index contributed by atoms with van der Waals surface area (Å²) in [6, 6.07) is 7.55. The molecule has 1 aliphatic carbocycles. The summed E-state index contributed by atoms with van der Waals surface area (Å²) in [7, 11) is 0. The lowest BCUT2D eigenvalue weighted by Gasteiger charge is -2.25. The third kappa shape index (κ3) is 1.55. The van der Waals surface area contributed by atoms with Crippen molar-refractivity contribution >= 4 is 0 Å². The Morgan fingerprint density at radius 3 is 2.89 bits per heavy atom. The van der Waals surface area contributed by atoms with Gasteiger partial charge in [-0.2, -0.15) is 0 Å². The third-order valence-electron chi connectivity index (χ3n) is 3.69.